The Morgan fingerprint density at radius 1 is 1.60 bits per heavy atom. The molecular weight excluding hydrogens is 262 g/mol. The van der Waals surface area contributed by atoms with Gasteiger partial charge in [-0.3, -0.25) is 14.3 Å². The predicted octanol–water partition coefficient (Wildman–Crippen LogP) is 0.395. The maximum atomic E-state index is 11.6. The van der Waals surface area contributed by atoms with E-state index >= 15 is 0 Å². The molecule has 0 aliphatic rings. The molecule has 0 radical (unpaired) electrons. The van der Waals surface area contributed by atoms with Gasteiger partial charge in [0, 0.05) is 31.3 Å². The van der Waals surface area contributed by atoms with Crippen molar-refractivity contribution in [3.05, 3.63) is 45.8 Å². The topological polar surface area (TPSA) is 111 Å². The number of aromatic nitrogens is 2. The molecule has 0 aliphatic carbocycles. The number of rotatable bonds is 4. The average molecular weight is 277 g/mol. The summed E-state index contributed by atoms with van der Waals surface area (Å²) in [5.41, 5.74) is 5.31. The zero-order valence-corrected chi connectivity index (χ0v) is 11.2. The minimum absolute atomic E-state index is 0.0294. The number of hydrogen-bond acceptors (Lipinski definition) is 5. The van der Waals surface area contributed by atoms with Crippen LogP contribution >= 0.6 is 0 Å². The molecule has 1 amide bonds. The zero-order chi connectivity index (χ0) is 14.9. The summed E-state index contributed by atoms with van der Waals surface area (Å²) in [5, 5.41) is 13.9. The lowest BCUT2D eigenvalue weighted by molar-refractivity contribution is -0.118. The van der Waals surface area contributed by atoms with Crippen molar-refractivity contribution in [2.24, 2.45) is 12.8 Å². The Hall–Kier alpha value is -2.57. The fraction of sp³-hybridized carbons (Fsp3) is 0.308. The van der Waals surface area contributed by atoms with Crippen LogP contribution in [-0.4, -0.2) is 20.8 Å². The van der Waals surface area contributed by atoms with E-state index in [4.69, 9.17) is 10.2 Å². The normalized spacial score (nSPS) is 12.3. The fourth-order valence-electron chi connectivity index (χ4n) is 2.04. The van der Waals surface area contributed by atoms with Crippen LogP contribution in [0.2, 0.25) is 0 Å². The van der Waals surface area contributed by atoms with E-state index in [0.717, 1.165) is 0 Å². The highest BCUT2D eigenvalue weighted by molar-refractivity contribution is 5.75. The van der Waals surface area contributed by atoms with Gasteiger partial charge in [-0.25, -0.2) is 0 Å². The Morgan fingerprint density at radius 2 is 2.30 bits per heavy atom. The number of primary amides is 1. The van der Waals surface area contributed by atoms with Gasteiger partial charge >= 0.3 is 0 Å². The van der Waals surface area contributed by atoms with Crippen molar-refractivity contribution in [3.8, 4) is 5.75 Å². The third-order valence-electron chi connectivity index (χ3n) is 2.92. The molecule has 0 aliphatic heterocycles. The predicted molar refractivity (Wildman–Crippen MR) is 70.2 cm³/mol. The fourth-order valence-corrected chi connectivity index (χ4v) is 2.04. The molecule has 1 atom stereocenters. The van der Waals surface area contributed by atoms with Crippen LogP contribution in [-0.2, 0) is 11.8 Å². The van der Waals surface area contributed by atoms with Crippen molar-refractivity contribution in [1.82, 2.24) is 9.78 Å². The first kappa shape index (κ1) is 13.9. The molecule has 7 heteroatoms. The first-order valence-electron chi connectivity index (χ1n) is 5.99. The number of carbonyl (C=O) groups is 1. The van der Waals surface area contributed by atoms with Crippen molar-refractivity contribution in [2.75, 3.05) is 0 Å². The number of nitrogens with two attached hydrogens (primary N) is 1. The Balaban J connectivity index is 2.57. The van der Waals surface area contributed by atoms with Crippen molar-refractivity contribution in [2.45, 2.75) is 19.3 Å². The molecule has 0 fully saturated rings. The lowest BCUT2D eigenvalue weighted by atomic mass is 9.94. The van der Waals surface area contributed by atoms with Gasteiger partial charge in [0.1, 0.15) is 5.76 Å². The van der Waals surface area contributed by atoms with E-state index in [-0.39, 0.29) is 12.2 Å². The summed E-state index contributed by atoms with van der Waals surface area (Å²) in [6.45, 7) is 1.59. The van der Waals surface area contributed by atoms with E-state index in [1.54, 1.807) is 24.9 Å². The largest absolute Gasteiger partial charge is 0.502 e. The van der Waals surface area contributed by atoms with E-state index in [9.17, 15) is 14.7 Å². The quantitative estimate of drug-likeness (QED) is 0.840. The number of aromatic hydroxyl groups is 1. The van der Waals surface area contributed by atoms with Crippen LogP contribution < -0.4 is 11.2 Å². The van der Waals surface area contributed by atoms with Crippen LogP contribution in [0.25, 0.3) is 0 Å². The van der Waals surface area contributed by atoms with Gasteiger partial charge in [-0.15, -0.1) is 0 Å². The molecule has 2 rings (SSSR count). The Bertz CT molecular complexity index is 702. The van der Waals surface area contributed by atoms with Gasteiger partial charge in [0.2, 0.25) is 17.1 Å². The highest BCUT2D eigenvalue weighted by Crippen LogP contribution is 2.32. The van der Waals surface area contributed by atoms with E-state index in [1.165, 1.54) is 12.3 Å². The second kappa shape index (κ2) is 5.20. The SMILES string of the molecule is Cc1cc(=O)c(O)c(C(CC(N)=O)c2cnn(C)c2)o1. The number of amides is 1. The van der Waals surface area contributed by atoms with Crippen molar-refractivity contribution < 1.29 is 14.3 Å². The van der Waals surface area contributed by atoms with Gasteiger partial charge in [-0.2, -0.15) is 5.10 Å². The Morgan fingerprint density at radius 3 is 2.85 bits per heavy atom. The number of nitrogens with zero attached hydrogens (tertiary/aromatic N) is 2. The molecule has 2 aromatic rings. The van der Waals surface area contributed by atoms with Crippen LogP contribution in [0.1, 0.15) is 29.4 Å². The molecule has 20 heavy (non-hydrogen) atoms. The molecule has 7 nitrogen and oxygen atoms in total. The Labute approximate surface area is 114 Å². The van der Waals surface area contributed by atoms with Gasteiger partial charge in [-0.05, 0) is 6.92 Å². The maximum absolute atomic E-state index is 11.6. The zero-order valence-electron chi connectivity index (χ0n) is 11.2. The summed E-state index contributed by atoms with van der Waals surface area (Å²) in [4.78, 5) is 22.9. The summed E-state index contributed by atoms with van der Waals surface area (Å²) in [6.07, 6.45) is 3.12. The third kappa shape index (κ3) is 2.71. The molecule has 0 saturated heterocycles. The van der Waals surface area contributed by atoms with Gasteiger partial charge < -0.3 is 15.3 Å². The van der Waals surface area contributed by atoms with Crippen LogP contribution in [0.3, 0.4) is 0 Å². The van der Waals surface area contributed by atoms with Crippen LogP contribution in [0, 0.1) is 6.92 Å². The third-order valence-corrected chi connectivity index (χ3v) is 2.92. The van der Waals surface area contributed by atoms with Gasteiger partial charge in [-0.1, -0.05) is 0 Å². The Kier molecular flexibility index (Phi) is 3.60. The smallest absolute Gasteiger partial charge is 0.227 e. The maximum Gasteiger partial charge on any atom is 0.227 e. The van der Waals surface area contributed by atoms with Crippen molar-refractivity contribution >= 4 is 5.91 Å². The van der Waals surface area contributed by atoms with Gasteiger partial charge in [0.05, 0.1) is 12.1 Å². The summed E-state index contributed by atoms with van der Waals surface area (Å²) in [7, 11) is 1.72. The number of hydrogen-bond donors (Lipinski definition) is 2. The number of aryl methyl sites for hydroxylation is 2. The van der Waals surface area contributed by atoms with E-state index < -0.39 is 23.0 Å². The summed E-state index contributed by atoms with van der Waals surface area (Å²) in [6, 6.07) is 1.18. The highest BCUT2D eigenvalue weighted by Gasteiger charge is 2.25. The second-order valence-corrected chi connectivity index (χ2v) is 4.60. The molecule has 0 bridgehead atoms. The first-order chi connectivity index (χ1) is 9.38. The first-order valence-corrected chi connectivity index (χ1v) is 5.99. The van der Waals surface area contributed by atoms with E-state index in [0.29, 0.717) is 11.3 Å². The van der Waals surface area contributed by atoms with E-state index in [2.05, 4.69) is 5.10 Å². The lowest BCUT2D eigenvalue weighted by Gasteiger charge is -2.14. The van der Waals surface area contributed by atoms with Crippen LogP contribution in [0.5, 0.6) is 5.75 Å². The summed E-state index contributed by atoms with van der Waals surface area (Å²) < 4.78 is 6.97. The molecule has 106 valence electrons. The van der Waals surface area contributed by atoms with Crippen LogP contribution in [0.4, 0.5) is 0 Å². The van der Waals surface area contributed by atoms with E-state index in [1.807, 2.05) is 0 Å². The molecule has 1 unspecified atom stereocenters. The summed E-state index contributed by atoms with van der Waals surface area (Å²) in [5.74, 6) is -1.34. The molecule has 2 aromatic heterocycles. The number of carbonyl (C=O) groups excluding carboxylic acids is 1. The molecular formula is C13H15N3O4. The summed E-state index contributed by atoms with van der Waals surface area (Å²) >= 11 is 0. The monoisotopic (exact) mass is 277 g/mol. The molecule has 0 saturated carbocycles. The standard InChI is InChI=1S/C13H15N3O4/c1-7-3-10(17)12(19)13(20-7)9(4-11(14)18)8-5-15-16(2)6-8/h3,5-6,9,19H,4H2,1-2H3,(H2,14,18). The molecule has 2 heterocycles. The lowest BCUT2D eigenvalue weighted by Crippen LogP contribution is -2.17. The van der Waals surface area contributed by atoms with Crippen molar-refractivity contribution in [3.63, 3.8) is 0 Å². The molecule has 0 spiro atoms. The highest BCUT2D eigenvalue weighted by atomic mass is 16.4. The second-order valence-electron chi connectivity index (χ2n) is 4.60. The molecule has 3 N–H and O–H groups in total. The van der Waals surface area contributed by atoms with Gasteiger partial charge in [0.15, 0.2) is 5.76 Å². The van der Waals surface area contributed by atoms with Crippen LogP contribution in [0.15, 0.2) is 27.7 Å². The average Bonchev–Trinajstić information content (AvgIpc) is 2.77. The van der Waals surface area contributed by atoms with Crippen molar-refractivity contribution in [1.29, 1.82) is 0 Å². The minimum atomic E-state index is -0.645. The van der Waals surface area contributed by atoms with Gasteiger partial charge in [0.25, 0.3) is 0 Å². The minimum Gasteiger partial charge on any atom is -0.502 e. The molecule has 0 aromatic carbocycles.